The molecule has 0 radical (unpaired) electrons. The van der Waals surface area contributed by atoms with Crippen LogP contribution in [0.2, 0.25) is 0 Å². The number of hydrogen-bond donors (Lipinski definition) is 0. The molecule has 0 unspecified atom stereocenters. The number of unbranched alkanes of at least 4 members (excludes halogenated alkanes) is 12. The van der Waals surface area contributed by atoms with Gasteiger partial charge in [-0.2, -0.15) is 0 Å². The van der Waals surface area contributed by atoms with E-state index in [0.29, 0.717) is 10.9 Å². The lowest BCUT2D eigenvalue weighted by Gasteiger charge is -2.23. The van der Waals surface area contributed by atoms with Crippen molar-refractivity contribution >= 4 is 0 Å². The van der Waals surface area contributed by atoms with Crippen LogP contribution in [-0.4, -0.2) is 32.1 Å². The maximum absolute atomic E-state index is 8.07. The molecule has 0 aliphatic heterocycles. The SMILES string of the molecule is [2H]C([2H])(CCCCCCCCCCCCCCC)[N+](C)(C)C. The molecule has 0 spiro atoms. The van der Waals surface area contributed by atoms with E-state index in [1.54, 1.807) is 0 Å². The van der Waals surface area contributed by atoms with Gasteiger partial charge in [-0.15, -0.1) is 0 Å². The van der Waals surface area contributed by atoms with Gasteiger partial charge in [0.15, 0.2) is 0 Å². The van der Waals surface area contributed by atoms with Gasteiger partial charge >= 0.3 is 0 Å². The Kier molecular flexibility index (Phi) is 11.4. The van der Waals surface area contributed by atoms with Gasteiger partial charge in [0.05, 0.1) is 30.4 Å². The van der Waals surface area contributed by atoms with Gasteiger partial charge in [0.25, 0.3) is 0 Å². The van der Waals surface area contributed by atoms with Gasteiger partial charge in [-0.25, -0.2) is 0 Å². The lowest BCUT2D eigenvalue weighted by atomic mass is 10.0. The summed E-state index contributed by atoms with van der Waals surface area (Å²) in [6, 6.07) is 0. The third-order valence-electron chi connectivity index (χ3n) is 3.87. The molecule has 0 aliphatic carbocycles. The van der Waals surface area contributed by atoms with Gasteiger partial charge in [-0.05, 0) is 12.8 Å². The molecule has 0 saturated carbocycles. The molecule has 1 heteroatoms. The highest BCUT2D eigenvalue weighted by Gasteiger charge is 2.04. The number of hydrogen-bond acceptors (Lipinski definition) is 0. The van der Waals surface area contributed by atoms with Crippen LogP contribution in [0.3, 0.4) is 0 Å². The van der Waals surface area contributed by atoms with Gasteiger partial charge < -0.3 is 4.48 Å². The van der Waals surface area contributed by atoms with Gasteiger partial charge in [-0.1, -0.05) is 84.0 Å². The molecule has 0 amide bonds. The van der Waals surface area contributed by atoms with Gasteiger partial charge in [0.1, 0.15) is 0 Å². The Labute approximate surface area is 132 Å². The lowest BCUT2D eigenvalue weighted by molar-refractivity contribution is -0.870. The molecule has 0 aromatic rings. The number of rotatable bonds is 15. The van der Waals surface area contributed by atoms with Crippen molar-refractivity contribution in [3.05, 3.63) is 0 Å². The molecule has 0 aliphatic rings. The fraction of sp³-hybridized carbons (Fsp3) is 1.00. The molecule has 122 valence electrons. The maximum atomic E-state index is 8.07. The zero-order valence-electron chi connectivity index (χ0n) is 16.8. The Hall–Kier alpha value is -0.0400. The summed E-state index contributed by atoms with van der Waals surface area (Å²) in [5.74, 6) is 0. The molecule has 0 aromatic carbocycles. The van der Waals surface area contributed by atoms with Crippen LogP contribution in [0.4, 0.5) is 0 Å². The monoisotopic (exact) mass is 286 g/mol. The molecule has 0 atom stereocenters. The van der Waals surface area contributed by atoms with Crippen molar-refractivity contribution in [3.8, 4) is 0 Å². The fourth-order valence-corrected chi connectivity index (χ4v) is 2.56. The maximum Gasteiger partial charge on any atom is 0.0924 e. The van der Waals surface area contributed by atoms with E-state index < -0.39 is 6.50 Å². The molecule has 20 heavy (non-hydrogen) atoms. The summed E-state index contributed by atoms with van der Waals surface area (Å²) in [5, 5.41) is 0. The normalized spacial score (nSPS) is 14.2. The Balaban J connectivity index is 3.28. The summed E-state index contributed by atoms with van der Waals surface area (Å²) in [6.07, 6.45) is 18.2. The first-order chi connectivity index (χ1) is 10.3. The minimum Gasteiger partial charge on any atom is -0.331 e. The highest BCUT2D eigenvalue weighted by atomic mass is 15.3. The Morgan fingerprint density at radius 1 is 0.550 bits per heavy atom. The molecule has 0 rings (SSSR count). The van der Waals surface area contributed by atoms with Gasteiger partial charge in [0.2, 0.25) is 0 Å². The summed E-state index contributed by atoms with van der Waals surface area (Å²) in [4.78, 5) is 0. The first kappa shape index (κ1) is 16.3. The molecule has 0 N–H and O–H groups in total. The van der Waals surface area contributed by atoms with Crippen LogP contribution in [0.15, 0.2) is 0 Å². The smallest absolute Gasteiger partial charge is 0.0924 e. The minimum atomic E-state index is -1.09. The van der Waals surface area contributed by atoms with Crippen molar-refractivity contribution in [1.29, 1.82) is 0 Å². The lowest BCUT2D eigenvalue weighted by Crippen LogP contribution is -2.35. The van der Waals surface area contributed by atoms with E-state index in [1.165, 1.54) is 77.0 Å². The first-order valence-corrected chi connectivity index (χ1v) is 9.13. The van der Waals surface area contributed by atoms with E-state index in [2.05, 4.69) is 6.92 Å². The second kappa shape index (κ2) is 13.9. The van der Waals surface area contributed by atoms with Crippen LogP contribution >= 0.6 is 0 Å². The Morgan fingerprint density at radius 3 is 1.15 bits per heavy atom. The van der Waals surface area contributed by atoms with Crippen LogP contribution in [0.25, 0.3) is 0 Å². The quantitative estimate of drug-likeness (QED) is 0.249. The second-order valence-corrected chi connectivity index (χ2v) is 7.16. The summed E-state index contributed by atoms with van der Waals surface area (Å²) < 4.78 is 16.5. The molecular weight excluding hydrogens is 242 g/mol. The predicted octanol–water partition coefficient (Wildman–Crippen LogP) is 6.17. The molecule has 0 fully saturated rings. The van der Waals surface area contributed by atoms with E-state index in [-0.39, 0.29) is 0 Å². The second-order valence-electron chi connectivity index (χ2n) is 7.16. The van der Waals surface area contributed by atoms with Crippen molar-refractivity contribution in [2.24, 2.45) is 0 Å². The molecular formula is C19H42N+. The summed E-state index contributed by atoms with van der Waals surface area (Å²) in [6.45, 7) is 1.19. The van der Waals surface area contributed by atoms with Crippen LogP contribution in [0, 0.1) is 0 Å². The third kappa shape index (κ3) is 18.0. The highest BCUT2D eigenvalue weighted by molar-refractivity contribution is 4.49. The number of quaternary nitrogens is 1. The third-order valence-corrected chi connectivity index (χ3v) is 3.87. The van der Waals surface area contributed by atoms with E-state index in [0.717, 1.165) is 6.42 Å². The van der Waals surface area contributed by atoms with Crippen molar-refractivity contribution in [2.45, 2.75) is 96.8 Å². The zero-order chi connectivity index (χ0) is 16.9. The van der Waals surface area contributed by atoms with E-state index in [4.69, 9.17) is 2.74 Å². The largest absolute Gasteiger partial charge is 0.331 e. The Morgan fingerprint density at radius 2 is 0.850 bits per heavy atom. The zero-order valence-corrected chi connectivity index (χ0v) is 14.8. The van der Waals surface area contributed by atoms with Gasteiger partial charge in [0, 0.05) is 0 Å². The van der Waals surface area contributed by atoms with E-state index in [9.17, 15) is 0 Å². The predicted molar refractivity (Wildman–Crippen MR) is 93.2 cm³/mol. The highest BCUT2D eigenvalue weighted by Crippen LogP contribution is 2.13. The summed E-state index contributed by atoms with van der Waals surface area (Å²) >= 11 is 0. The van der Waals surface area contributed by atoms with Gasteiger partial charge in [-0.3, -0.25) is 0 Å². The van der Waals surface area contributed by atoms with Crippen LogP contribution < -0.4 is 0 Å². The standard InChI is InChI=1S/C19H42N/c1-5-6-7-8-9-10-11-12-13-14-15-16-17-18-19-20(2,3)4/h5-19H2,1-4H3/q+1/i19D2. The molecule has 0 bridgehead atoms. The summed E-state index contributed by atoms with van der Waals surface area (Å²) in [7, 11) is 5.84. The van der Waals surface area contributed by atoms with Crippen LogP contribution in [-0.2, 0) is 0 Å². The number of nitrogens with zero attached hydrogens (tertiary/aromatic N) is 1. The van der Waals surface area contributed by atoms with Crippen LogP contribution in [0.1, 0.15) is 99.6 Å². The van der Waals surface area contributed by atoms with Crippen LogP contribution in [0.5, 0.6) is 0 Å². The topological polar surface area (TPSA) is 0 Å². The minimum absolute atomic E-state index is 0.408. The first-order valence-electron chi connectivity index (χ1n) is 10.1. The molecule has 0 heterocycles. The molecule has 0 aromatic heterocycles. The van der Waals surface area contributed by atoms with Crippen molar-refractivity contribution in [2.75, 3.05) is 27.6 Å². The van der Waals surface area contributed by atoms with Crippen molar-refractivity contribution < 1.29 is 7.22 Å². The van der Waals surface area contributed by atoms with Crippen molar-refractivity contribution in [1.82, 2.24) is 0 Å². The van der Waals surface area contributed by atoms with E-state index >= 15 is 0 Å². The average Bonchev–Trinajstić information content (AvgIpc) is 2.42. The average molecular weight is 287 g/mol. The summed E-state index contributed by atoms with van der Waals surface area (Å²) in [5.41, 5.74) is 0. The van der Waals surface area contributed by atoms with E-state index in [1.807, 2.05) is 21.1 Å². The van der Waals surface area contributed by atoms with Crippen molar-refractivity contribution in [3.63, 3.8) is 0 Å². The molecule has 0 saturated heterocycles. The Bertz CT molecular complexity index is 246. The molecule has 1 nitrogen and oxygen atoms in total. The fourth-order valence-electron chi connectivity index (χ4n) is 2.56.